The molecule has 0 aliphatic carbocycles. The number of morpholine rings is 1. The number of aryl methyl sites for hydroxylation is 1. The van der Waals surface area contributed by atoms with Gasteiger partial charge in [-0.15, -0.1) is 0 Å². The molecule has 0 spiro atoms. The minimum absolute atomic E-state index is 0.451. The molecule has 0 bridgehead atoms. The smallest absolute Gasteiger partial charge is 0.149 e. The molecule has 0 unspecified atom stereocenters. The van der Waals surface area contributed by atoms with E-state index in [0.717, 1.165) is 72.6 Å². The Morgan fingerprint density at radius 3 is 2.76 bits per heavy atom. The van der Waals surface area contributed by atoms with Gasteiger partial charge in [-0.1, -0.05) is 17.7 Å². The van der Waals surface area contributed by atoms with Crippen molar-refractivity contribution in [3.05, 3.63) is 52.8 Å². The van der Waals surface area contributed by atoms with Crippen LogP contribution in [0.1, 0.15) is 11.1 Å². The van der Waals surface area contributed by atoms with Crippen molar-refractivity contribution >= 4 is 45.0 Å². The molecule has 34 heavy (non-hydrogen) atoms. The van der Waals surface area contributed by atoms with Gasteiger partial charge in [-0.2, -0.15) is 5.26 Å². The Morgan fingerprint density at radius 1 is 1.18 bits per heavy atom. The molecule has 3 heterocycles. The molecule has 1 aliphatic heterocycles. The Kier molecular flexibility index (Phi) is 6.24. The van der Waals surface area contributed by atoms with E-state index in [0.29, 0.717) is 22.2 Å². The van der Waals surface area contributed by atoms with Crippen LogP contribution < -0.4 is 10.1 Å². The fourth-order valence-electron chi connectivity index (χ4n) is 4.27. The molecular weight excluding hydrogens is 452 g/mol. The fraction of sp³-hybridized carbons (Fsp3) is 0.320. The number of fused-ring (bicyclic) bond motifs is 3. The number of methoxy groups -OCH3 is 1. The number of rotatable bonds is 6. The van der Waals surface area contributed by atoms with Crippen LogP contribution in [-0.4, -0.2) is 59.4 Å². The van der Waals surface area contributed by atoms with E-state index in [1.54, 1.807) is 7.11 Å². The third-order valence-electron chi connectivity index (χ3n) is 6.21. The first-order chi connectivity index (χ1) is 16.6. The van der Waals surface area contributed by atoms with E-state index >= 15 is 0 Å². The summed E-state index contributed by atoms with van der Waals surface area (Å²) in [4.78, 5) is 11.9. The summed E-state index contributed by atoms with van der Waals surface area (Å²) >= 11 is 6.24. The standard InChI is InChI=1S/C25H25ClN6O2/c1-16-11-19(26)22(33-2)13-20(16)29-25-18(14-27)12-17-3-4-21-24(23(17)30-25)28-15-32(21)6-5-31-7-9-34-10-8-31/h3-4,11-13,15H,5-10H2,1-2H3,(H,29,30). The number of imidazole rings is 1. The van der Waals surface area contributed by atoms with Crippen molar-refractivity contribution in [1.29, 1.82) is 5.26 Å². The van der Waals surface area contributed by atoms with Gasteiger partial charge in [0.1, 0.15) is 28.7 Å². The van der Waals surface area contributed by atoms with Gasteiger partial charge in [-0.05, 0) is 30.7 Å². The van der Waals surface area contributed by atoms with E-state index in [-0.39, 0.29) is 0 Å². The van der Waals surface area contributed by atoms with Gasteiger partial charge in [-0.3, -0.25) is 4.90 Å². The zero-order valence-corrected chi connectivity index (χ0v) is 19.9. The molecule has 0 atom stereocenters. The lowest BCUT2D eigenvalue weighted by Gasteiger charge is -2.26. The highest BCUT2D eigenvalue weighted by molar-refractivity contribution is 6.32. The van der Waals surface area contributed by atoms with Gasteiger partial charge in [-0.25, -0.2) is 9.97 Å². The van der Waals surface area contributed by atoms with Crippen molar-refractivity contribution < 1.29 is 9.47 Å². The Morgan fingerprint density at radius 2 is 2.00 bits per heavy atom. The number of hydrogen-bond acceptors (Lipinski definition) is 7. The number of halogens is 1. The number of benzene rings is 2. The summed E-state index contributed by atoms with van der Waals surface area (Å²) < 4.78 is 13.0. The van der Waals surface area contributed by atoms with Crippen LogP contribution in [0.2, 0.25) is 5.02 Å². The number of ether oxygens (including phenoxy) is 2. The molecule has 4 aromatic rings. The lowest BCUT2D eigenvalue weighted by Crippen LogP contribution is -2.38. The Balaban J connectivity index is 1.51. The number of nitriles is 1. The molecule has 1 aliphatic rings. The number of aromatic nitrogens is 3. The van der Waals surface area contributed by atoms with Gasteiger partial charge in [0.05, 0.1) is 42.8 Å². The largest absolute Gasteiger partial charge is 0.495 e. The number of nitrogens with one attached hydrogen (secondary N) is 1. The zero-order chi connectivity index (χ0) is 23.7. The summed E-state index contributed by atoms with van der Waals surface area (Å²) in [5, 5.41) is 14.5. The van der Waals surface area contributed by atoms with E-state index in [1.807, 2.05) is 43.6 Å². The predicted molar refractivity (Wildman–Crippen MR) is 133 cm³/mol. The molecule has 2 aromatic heterocycles. The summed E-state index contributed by atoms with van der Waals surface area (Å²) in [5.41, 5.74) is 4.73. The maximum absolute atomic E-state index is 9.77. The van der Waals surface area contributed by atoms with Crippen LogP contribution in [0.25, 0.3) is 21.9 Å². The average molecular weight is 477 g/mol. The fourth-order valence-corrected chi connectivity index (χ4v) is 4.56. The minimum Gasteiger partial charge on any atom is -0.495 e. The van der Waals surface area contributed by atoms with E-state index in [1.165, 1.54) is 0 Å². The number of anilines is 2. The van der Waals surface area contributed by atoms with E-state index < -0.39 is 0 Å². The zero-order valence-electron chi connectivity index (χ0n) is 19.1. The lowest BCUT2D eigenvalue weighted by atomic mass is 10.1. The molecule has 0 radical (unpaired) electrons. The molecule has 1 N–H and O–H groups in total. The van der Waals surface area contributed by atoms with E-state index in [2.05, 4.69) is 25.8 Å². The predicted octanol–water partition coefficient (Wildman–Crippen LogP) is 4.50. The third kappa shape index (κ3) is 4.26. The molecule has 9 heteroatoms. The van der Waals surface area contributed by atoms with Crippen LogP contribution in [0.5, 0.6) is 5.75 Å². The van der Waals surface area contributed by atoms with Gasteiger partial charge in [0.2, 0.25) is 0 Å². The van der Waals surface area contributed by atoms with Crippen molar-refractivity contribution in [2.75, 3.05) is 45.3 Å². The maximum atomic E-state index is 9.77. The highest BCUT2D eigenvalue weighted by atomic mass is 35.5. The van der Waals surface area contributed by atoms with E-state index in [9.17, 15) is 5.26 Å². The number of nitrogens with zero attached hydrogens (tertiary/aromatic N) is 5. The molecule has 8 nitrogen and oxygen atoms in total. The number of pyridine rings is 1. The van der Waals surface area contributed by atoms with Crippen LogP contribution in [0.3, 0.4) is 0 Å². The molecule has 0 saturated carbocycles. The van der Waals surface area contributed by atoms with Crippen LogP contribution in [0, 0.1) is 18.3 Å². The molecule has 0 amide bonds. The van der Waals surface area contributed by atoms with Gasteiger partial charge >= 0.3 is 0 Å². The molecule has 5 rings (SSSR count). The van der Waals surface area contributed by atoms with Crippen molar-refractivity contribution in [3.63, 3.8) is 0 Å². The van der Waals surface area contributed by atoms with Crippen molar-refractivity contribution in [2.45, 2.75) is 13.5 Å². The van der Waals surface area contributed by atoms with Crippen LogP contribution in [0.4, 0.5) is 11.5 Å². The quantitative estimate of drug-likeness (QED) is 0.438. The van der Waals surface area contributed by atoms with Crippen molar-refractivity contribution in [3.8, 4) is 11.8 Å². The Labute approximate surface area is 202 Å². The number of hydrogen-bond donors (Lipinski definition) is 1. The van der Waals surface area contributed by atoms with Crippen LogP contribution in [-0.2, 0) is 11.3 Å². The molecular formula is C25H25ClN6O2. The second-order valence-corrected chi connectivity index (χ2v) is 8.73. The normalized spacial score (nSPS) is 14.4. The highest BCUT2D eigenvalue weighted by Crippen LogP contribution is 2.34. The summed E-state index contributed by atoms with van der Waals surface area (Å²) in [6.45, 7) is 7.21. The monoisotopic (exact) mass is 476 g/mol. The second-order valence-electron chi connectivity index (χ2n) is 8.32. The maximum Gasteiger partial charge on any atom is 0.149 e. The van der Waals surface area contributed by atoms with Crippen LogP contribution in [0.15, 0.2) is 36.7 Å². The van der Waals surface area contributed by atoms with Gasteiger partial charge in [0, 0.05) is 43.3 Å². The van der Waals surface area contributed by atoms with Crippen molar-refractivity contribution in [1.82, 2.24) is 19.4 Å². The Bertz CT molecular complexity index is 1400. The second kappa shape index (κ2) is 9.47. The highest BCUT2D eigenvalue weighted by Gasteiger charge is 2.16. The first-order valence-electron chi connectivity index (χ1n) is 11.2. The van der Waals surface area contributed by atoms with Crippen LogP contribution >= 0.6 is 11.6 Å². The van der Waals surface area contributed by atoms with Gasteiger partial charge < -0.3 is 19.4 Å². The van der Waals surface area contributed by atoms with E-state index in [4.69, 9.17) is 26.1 Å². The summed E-state index contributed by atoms with van der Waals surface area (Å²) in [6, 6.07) is 11.8. The SMILES string of the molecule is COc1cc(Nc2nc3c(ccc4c3ncn4CCN3CCOCC3)cc2C#N)c(C)cc1Cl. The summed E-state index contributed by atoms with van der Waals surface area (Å²) in [7, 11) is 1.57. The van der Waals surface area contributed by atoms with Crippen molar-refractivity contribution in [2.24, 2.45) is 0 Å². The van der Waals surface area contributed by atoms with Gasteiger partial charge in [0.15, 0.2) is 0 Å². The van der Waals surface area contributed by atoms with Gasteiger partial charge in [0.25, 0.3) is 0 Å². The summed E-state index contributed by atoms with van der Waals surface area (Å²) in [5.74, 6) is 1.02. The third-order valence-corrected chi connectivity index (χ3v) is 6.50. The topological polar surface area (TPSA) is 88.2 Å². The first-order valence-corrected chi connectivity index (χ1v) is 11.5. The average Bonchev–Trinajstić information content (AvgIpc) is 3.28. The minimum atomic E-state index is 0.451. The first kappa shape index (κ1) is 22.4. The molecule has 174 valence electrons. The molecule has 2 aromatic carbocycles. The molecule has 1 fully saturated rings. The lowest BCUT2D eigenvalue weighted by molar-refractivity contribution is 0.0365. The summed E-state index contributed by atoms with van der Waals surface area (Å²) in [6.07, 6.45) is 1.87. The molecule has 1 saturated heterocycles. The Hall–Kier alpha value is -3.38.